The Hall–Kier alpha value is -2.74. The minimum atomic E-state index is -4.33. The molecule has 1 saturated carbocycles. The molecule has 3 atom stereocenters. The summed E-state index contributed by atoms with van der Waals surface area (Å²) in [5, 5.41) is 6.87. The molecule has 0 radical (unpaired) electrons. The van der Waals surface area contributed by atoms with Gasteiger partial charge in [-0.15, -0.1) is 0 Å². The summed E-state index contributed by atoms with van der Waals surface area (Å²) in [5.74, 6) is 0. The van der Waals surface area contributed by atoms with E-state index in [1.807, 2.05) is 30.3 Å². The predicted molar refractivity (Wildman–Crippen MR) is 130 cm³/mol. The third kappa shape index (κ3) is 6.90. The van der Waals surface area contributed by atoms with Crippen LogP contribution in [-0.2, 0) is 17.5 Å². The molecule has 2 aliphatic rings. The van der Waals surface area contributed by atoms with E-state index < -0.39 is 17.8 Å². The molecule has 2 fully saturated rings. The van der Waals surface area contributed by atoms with Gasteiger partial charge in [0.05, 0.1) is 5.56 Å². The second-order valence-electron chi connectivity index (χ2n) is 9.98. The lowest BCUT2D eigenvalue weighted by Gasteiger charge is -2.46. The zero-order chi connectivity index (χ0) is 24.9. The van der Waals surface area contributed by atoms with Crippen LogP contribution in [0.1, 0.15) is 56.6 Å². The lowest BCUT2D eigenvalue weighted by atomic mass is 9.84. The first-order valence-electron chi connectivity index (χ1n) is 12.4. The molecule has 190 valence electrons. The molecule has 0 aromatic heterocycles. The third-order valence-electron chi connectivity index (χ3n) is 7.07. The van der Waals surface area contributed by atoms with E-state index in [9.17, 15) is 18.0 Å². The lowest BCUT2D eigenvalue weighted by molar-refractivity contribution is -0.137. The number of piperidine rings is 1. The van der Waals surface area contributed by atoms with Gasteiger partial charge in [0.1, 0.15) is 6.61 Å². The van der Waals surface area contributed by atoms with Crippen LogP contribution in [-0.4, -0.2) is 36.8 Å². The van der Waals surface area contributed by atoms with Crippen LogP contribution in [0.2, 0.25) is 0 Å². The van der Waals surface area contributed by atoms with Crippen molar-refractivity contribution in [3.8, 4) is 0 Å². The van der Waals surface area contributed by atoms with Gasteiger partial charge in [-0.05, 0) is 62.4 Å². The summed E-state index contributed by atoms with van der Waals surface area (Å²) in [4.78, 5) is 14.6. The van der Waals surface area contributed by atoms with Gasteiger partial charge < -0.3 is 20.3 Å². The summed E-state index contributed by atoms with van der Waals surface area (Å²) in [6.45, 7) is 3.90. The third-order valence-corrected chi connectivity index (χ3v) is 7.07. The van der Waals surface area contributed by atoms with Gasteiger partial charge in [-0.3, -0.25) is 0 Å². The first kappa shape index (κ1) is 25.4. The summed E-state index contributed by atoms with van der Waals surface area (Å²) in [6, 6.07) is 15.1. The van der Waals surface area contributed by atoms with Gasteiger partial charge in [0.15, 0.2) is 0 Å². The normalized spacial score (nSPS) is 25.2. The molecule has 2 N–H and O–H groups in total. The molecule has 35 heavy (non-hydrogen) atoms. The molecule has 1 saturated heterocycles. The molecule has 5 nitrogen and oxygen atoms in total. The highest BCUT2D eigenvalue weighted by Gasteiger charge is 2.37. The Kier molecular flexibility index (Phi) is 7.89. The highest BCUT2D eigenvalue weighted by Crippen LogP contribution is 2.33. The largest absolute Gasteiger partial charge is 0.445 e. The standard InChI is InChI=1S/C27H34F3N3O2/c1-26(16-7-17-33(19-26)22-14-12-21(13-15-22)27(28,29)30)32-24-11-6-5-10-23(24)31-25(34)35-18-20-8-3-2-4-9-20/h2-4,8-9,12-15,23-24,32H,5-7,10-11,16-19H2,1H3,(H,31,34)/t23-,24-,26+/m1/s1. The quantitative estimate of drug-likeness (QED) is 0.531. The van der Waals surface area contributed by atoms with Crippen molar-refractivity contribution in [3.63, 3.8) is 0 Å². The number of halogens is 3. The molecule has 1 amide bonds. The van der Waals surface area contributed by atoms with Gasteiger partial charge in [-0.25, -0.2) is 4.79 Å². The number of hydrogen-bond donors (Lipinski definition) is 2. The number of anilines is 1. The number of hydrogen-bond acceptors (Lipinski definition) is 4. The van der Waals surface area contributed by atoms with Crippen LogP contribution in [0.5, 0.6) is 0 Å². The summed E-state index contributed by atoms with van der Waals surface area (Å²) < 4.78 is 44.3. The summed E-state index contributed by atoms with van der Waals surface area (Å²) in [7, 11) is 0. The highest BCUT2D eigenvalue weighted by atomic mass is 19.4. The maximum atomic E-state index is 12.9. The van der Waals surface area contributed by atoms with E-state index in [0.717, 1.165) is 68.5 Å². The fourth-order valence-corrected chi connectivity index (χ4v) is 5.28. The topological polar surface area (TPSA) is 53.6 Å². The second-order valence-corrected chi connectivity index (χ2v) is 9.98. The van der Waals surface area contributed by atoms with E-state index in [-0.39, 0.29) is 24.2 Å². The smallest absolute Gasteiger partial charge is 0.416 e. The van der Waals surface area contributed by atoms with Crippen molar-refractivity contribution < 1.29 is 22.7 Å². The Morgan fingerprint density at radius 2 is 1.71 bits per heavy atom. The number of carbonyl (C=O) groups is 1. The Balaban J connectivity index is 1.35. The average molecular weight is 490 g/mol. The molecular formula is C27H34F3N3O2. The van der Waals surface area contributed by atoms with Crippen molar-refractivity contribution in [1.29, 1.82) is 0 Å². The van der Waals surface area contributed by atoms with E-state index in [1.165, 1.54) is 0 Å². The zero-order valence-electron chi connectivity index (χ0n) is 20.1. The number of carbonyl (C=O) groups excluding carboxylic acids is 1. The summed E-state index contributed by atoms with van der Waals surface area (Å²) in [6.07, 6.45) is 1.15. The summed E-state index contributed by atoms with van der Waals surface area (Å²) in [5.41, 5.74) is 0.901. The highest BCUT2D eigenvalue weighted by molar-refractivity contribution is 5.67. The number of amides is 1. The van der Waals surface area contributed by atoms with E-state index in [1.54, 1.807) is 12.1 Å². The maximum Gasteiger partial charge on any atom is 0.416 e. The first-order valence-corrected chi connectivity index (χ1v) is 12.4. The molecule has 1 aliphatic heterocycles. The molecule has 0 unspecified atom stereocenters. The van der Waals surface area contributed by atoms with Gasteiger partial charge in [-0.1, -0.05) is 43.2 Å². The van der Waals surface area contributed by atoms with E-state index >= 15 is 0 Å². The van der Waals surface area contributed by atoms with Crippen LogP contribution in [0.4, 0.5) is 23.7 Å². The maximum absolute atomic E-state index is 12.9. The second kappa shape index (κ2) is 10.9. The van der Waals surface area contributed by atoms with Gasteiger partial charge in [0.25, 0.3) is 0 Å². The predicted octanol–water partition coefficient (Wildman–Crippen LogP) is 5.89. The first-order chi connectivity index (χ1) is 16.7. The Morgan fingerprint density at radius 3 is 2.40 bits per heavy atom. The van der Waals surface area contributed by atoms with Crippen LogP contribution in [0.25, 0.3) is 0 Å². The minimum absolute atomic E-state index is 0.0229. The molecule has 0 bridgehead atoms. The lowest BCUT2D eigenvalue weighted by Crippen LogP contribution is -2.63. The van der Waals surface area contributed by atoms with Crippen LogP contribution >= 0.6 is 0 Å². The Labute approximate surface area is 205 Å². The molecule has 2 aromatic carbocycles. The molecule has 1 aliphatic carbocycles. The SMILES string of the molecule is C[C@]1(N[C@@H]2CCCC[C@H]2NC(=O)OCc2ccccc2)CCCN(c2ccc(C(F)(F)F)cc2)C1. The monoisotopic (exact) mass is 489 g/mol. The van der Waals surface area contributed by atoms with Gasteiger partial charge in [0.2, 0.25) is 0 Å². The molecule has 0 spiro atoms. The van der Waals surface area contributed by atoms with E-state index in [0.29, 0.717) is 6.54 Å². The number of rotatable bonds is 6. The van der Waals surface area contributed by atoms with Crippen LogP contribution in [0, 0.1) is 0 Å². The Bertz CT molecular complexity index is 968. The van der Waals surface area contributed by atoms with Gasteiger partial charge in [0, 0.05) is 36.4 Å². The van der Waals surface area contributed by atoms with Crippen molar-refractivity contribution in [2.45, 2.75) is 75.9 Å². The summed E-state index contributed by atoms with van der Waals surface area (Å²) >= 11 is 0. The van der Waals surface area contributed by atoms with E-state index in [4.69, 9.17) is 4.74 Å². The van der Waals surface area contributed by atoms with E-state index in [2.05, 4.69) is 22.5 Å². The number of nitrogens with one attached hydrogen (secondary N) is 2. The molecule has 8 heteroatoms. The number of nitrogens with zero attached hydrogens (tertiary/aromatic N) is 1. The van der Waals surface area contributed by atoms with Crippen LogP contribution in [0.15, 0.2) is 54.6 Å². The molecule has 1 heterocycles. The van der Waals surface area contributed by atoms with Crippen LogP contribution < -0.4 is 15.5 Å². The molecule has 2 aromatic rings. The van der Waals surface area contributed by atoms with Crippen molar-refractivity contribution in [3.05, 3.63) is 65.7 Å². The van der Waals surface area contributed by atoms with Crippen molar-refractivity contribution >= 4 is 11.8 Å². The fraction of sp³-hybridized carbons (Fsp3) is 0.519. The molecule has 4 rings (SSSR count). The van der Waals surface area contributed by atoms with Crippen LogP contribution in [0.3, 0.4) is 0 Å². The van der Waals surface area contributed by atoms with Crippen molar-refractivity contribution in [2.75, 3.05) is 18.0 Å². The number of benzene rings is 2. The number of alkyl carbamates (subject to hydrolysis) is 1. The molecular weight excluding hydrogens is 455 g/mol. The number of ether oxygens (including phenoxy) is 1. The minimum Gasteiger partial charge on any atom is -0.445 e. The zero-order valence-corrected chi connectivity index (χ0v) is 20.1. The Morgan fingerprint density at radius 1 is 1.03 bits per heavy atom. The fourth-order valence-electron chi connectivity index (χ4n) is 5.28. The average Bonchev–Trinajstić information content (AvgIpc) is 2.84. The number of alkyl halides is 3. The van der Waals surface area contributed by atoms with Gasteiger partial charge >= 0.3 is 12.3 Å². The van der Waals surface area contributed by atoms with Gasteiger partial charge in [-0.2, -0.15) is 13.2 Å². The van der Waals surface area contributed by atoms with Crippen molar-refractivity contribution in [2.24, 2.45) is 0 Å². The van der Waals surface area contributed by atoms with Crippen molar-refractivity contribution in [1.82, 2.24) is 10.6 Å².